The van der Waals surface area contributed by atoms with Gasteiger partial charge >= 0.3 is 0 Å². The lowest BCUT2D eigenvalue weighted by atomic mass is 9.79. The second-order valence-corrected chi connectivity index (χ2v) is 11.7. The highest BCUT2D eigenvalue weighted by Gasteiger charge is 2.24. The highest BCUT2D eigenvalue weighted by atomic mass is 14.7. The van der Waals surface area contributed by atoms with Crippen molar-refractivity contribution >= 4 is 21.5 Å². The lowest BCUT2D eigenvalue weighted by Gasteiger charge is -2.24. The molecular formula is C44H32N2. The average Bonchev–Trinajstić information content (AvgIpc) is 3.13. The molecule has 0 unspecified atom stereocenters. The topological polar surface area (TPSA) is 25.8 Å². The smallest absolute Gasteiger partial charge is 0.0447 e. The normalized spacial score (nSPS) is 11.2. The molecule has 2 aromatic heterocycles. The van der Waals surface area contributed by atoms with Crippen molar-refractivity contribution < 1.29 is 0 Å². The van der Waals surface area contributed by atoms with E-state index in [0.717, 1.165) is 11.4 Å². The number of aromatic nitrogens is 2. The van der Waals surface area contributed by atoms with Crippen LogP contribution in [0.15, 0.2) is 170 Å². The van der Waals surface area contributed by atoms with E-state index in [9.17, 15) is 0 Å². The van der Waals surface area contributed by atoms with Crippen LogP contribution in [0, 0.1) is 0 Å². The number of pyridine rings is 2. The summed E-state index contributed by atoms with van der Waals surface area (Å²) in [7, 11) is 0. The summed E-state index contributed by atoms with van der Waals surface area (Å²) in [5.74, 6) is 0. The maximum absolute atomic E-state index is 4.83. The first-order valence-corrected chi connectivity index (χ1v) is 15.8. The molecule has 0 atom stereocenters. The van der Waals surface area contributed by atoms with Gasteiger partial charge in [0.05, 0.1) is 0 Å². The van der Waals surface area contributed by atoms with Gasteiger partial charge in [-0.05, 0) is 102 Å². The molecule has 0 saturated carbocycles. The number of nitrogens with zero attached hydrogens (tertiary/aromatic N) is 2. The summed E-state index contributed by atoms with van der Waals surface area (Å²) in [6, 6.07) is 56.5. The lowest BCUT2D eigenvalue weighted by Crippen LogP contribution is -2.04. The summed E-state index contributed by atoms with van der Waals surface area (Å²) in [5.41, 5.74) is 12.1. The van der Waals surface area contributed by atoms with E-state index in [1.165, 1.54) is 66.1 Å². The monoisotopic (exact) mass is 588 g/mol. The van der Waals surface area contributed by atoms with Crippen LogP contribution in [0.1, 0.15) is 22.5 Å². The predicted octanol–water partition coefficient (Wildman–Crippen LogP) is 11.0. The van der Waals surface area contributed by atoms with Gasteiger partial charge in [0.2, 0.25) is 0 Å². The van der Waals surface area contributed by atoms with E-state index in [2.05, 4.69) is 146 Å². The lowest BCUT2D eigenvalue weighted by molar-refractivity contribution is 1.07. The van der Waals surface area contributed by atoms with Crippen LogP contribution >= 0.6 is 0 Å². The van der Waals surface area contributed by atoms with Gasteiger partial charge in [-0.2, -0.15) is 0 Å². The van der Waals surface area contributed by atoms with Crippen LogP contribution < -0.4 is 0 Å². The number of benzene rings is 6. The quantitative estimate of drug-likeness (QED) is 0.185. The Kier molecular flexibility index (Phi) is 7.38. The van der Waals surface area contributed by atoms with Crippen molar-refractivity contribution in [3.05, 3.63) is 193 Å². The molecule has 2 heterocycles. The van der Waals surface area contributed by atoms with Gasteiger partial charge < -0.3 is 0 Å². The molecule has 0 amide bonds. The van der Waals surface area contributed by atoms with E-state index in [4.69, 9.17) is 9.97 Å². The molecule has 0 saturated heterocycles. The van der Waals surface area contributed by atoms with Gasteiger partial charge in [0, 0.05) is 36.6 Å². The average molecular weight is 589 g/mol. The number of rotatable bonds is 7. The molecule has 218 valence electrons. The molecule has 0 spiro atoms. The fraction of sp³-hybridized carbons (Fsp3) is 0.0455. The van der Waals surface area contributed by atoms with Gasteiger partial charge in [0.1, 0.15) is 0 Å². The molecule has 0 aliphatic heterocycles. The van der Waals surface area contributed by atoms with E-state index in [1.807, 2.05) is 24.5 Å². The SMILES string of the molecule is c1ccc(-c2cc3ccccc3c(-c3c(Cc4ccccn4)c(-c4ccccc4)cc4ccccc34)c2Cc2ccccn2)cc1. The number of hydrogen-bond acceptors (Lipinski definition) is 2. The van der Waals surface area contributed by atoms with E-state index >= 15 is 0 Å². The van der Waals surface area contributed by atoms with E-state index in [1.54, 1.807) is 0 Å². The van der Waals surface area contributed by atoms with Crippen LogP contribution in [0.25, 0.3) is 54.9 Å². The van der Waals surface area contributed by atoms with Crippen LogP contribution in [0.5, 0.6) is 0 Å². The zero-order chi connectivity index (χ0) is 30.7. The van der Waals surface area contributed by atoms with E-state index in [-0.39, 0.29) is 0 Å². The van der Waals surface area contributed by atoms with Crippen molar-refractivity contribution in [1.82, 2.24) is 9.97 Å². The Morgan fingerprint density at radius 3 is 1.17 bits per heavy atom. The van der Waals surface area contributed by atoms with Gasteiger partial charge in [-0.25, -0.2) is 0 Å². The Bertz CT molecular complexity index is 2110. The summed E-state index contributed by atoms with van der Waals surface area (Å²) in [5, 5.41) is 4.93. The van der Waals surface area contributed by atoms with Crippen LogP contribution in [0.2, 0.25) is 0 Å². The molecule has 8 rings (SSSR count). The predicted molar refractivity (Wildman–Crippen MR) is 192 cm³/mol. The third-order valence-electron chi connectivity index (χ3n) is 8.90. The van der Waals surface area contributed by atoms with Crippen LogP contribution in [-0.2, 0) is 12.8 Å². The standard InChI is InChI=1S/C44H32N2/c1-3-15-31(16-4-1)39-27-33-19-7-9-23-37(33)43(41(39)29-35-21-11-13-25-45-35)44-38-24-10-8-20-34(38)28-40(32-17-5-2-6-18-32)42(44)30-36-22-12-14-26-46-36/h1-28H,29-30H2. The van der Waals surface area contributed by atoms with E-state index < -0.39 is 0 Å². The molecule has 0 fully saturated rings. The van der Waals surface area contributed by atoms with Gasteiger partial charge in [0.15, 0.2) is 0 Å². The third kappa shape index (κ3) is 5.25. The van der Waals surface area contributed by atoms with Gasteiger partial charge in [0.25, 0.3) is 0 Å². The summed E-state index contributed by atoms with van der Waals surface area (Å²) in [6.07, 6.45) is 5.21. The van der Waals surface area contributed by atoms with Crippen molar-refractivity contribution in [1.29, 1.82) is 0 Å². The van der Waals surface area contributed by atoms with Crippen LogP contribution in [0.3, 0.4) is 0 Å². The highest BCUT2D eigenvalue weighted by Crippen LogP contribution is 2.47. The molecular weight excluding hydrogens is 556 g/mol. The third-order valence-corrected chi connectivity index (χ3v) is 8.90. The minimum atomic E-state index is 0.707. The first-order chi connectivity index (χ1) is 22.8. The first kappa shape index (κ1) is 27.7. The maximum atomic E-state index is 4.83. The Balaban J connectivity index is 1.56. The van der Waals surface area contributed by atoms with Gasteiger partial charge in [-0.3, -0.25) is 9.97 Å². The molecule has 2 nitrogen and oxygen atoms in total. The van der Waals surface area contributed by atoms with Crippen molar-refractivity contribution in [2.45, 2.75) is 12.8 Å². The largest absolute Gasteiger partial charge is 0.261 e. The molecule has 0 aliphatic rings. The van der Waals surface area contributed by atoms with Crippen LogP contribution in [0.4, 0.5) is 0 Å². The Morgan fingerprint density at radius 2 is 0.761 bits per heavy atom. The fourth-order valence-electron chi connectivity index (χ4n) is 6.84. The minimum absolute atomic E-state index is 0.707. The summed E-state index contributed by atoms with van der Waals surface area (Å²) in [6.45, 7) is 0. The van der Waals surface area contributed by atoms with Crippen molar-refractivity contribution in [2.75, 3.05) is 0 Å². The zero-order valence-corrected chi connectivity index (χ0v) is 25.5. The second-order valence-electron chi connectivity index (χ2n) is 11.7. The zero-order valence-electron chi connectivity index (χ0n) is 25.5. The van der Waals surface area contributed by atoms with Crippen molar-refractivity contribution in [3.8, 4) is 33.4 Å². The maximum Gasteiger partial charge on any atom is 0.0447 e. The van der Waals surface area contributed by atoms with Crippen molar-refractivity contribution in [2.24, 2.45) is 0 Å². The Morgan fingerprint density at radius 1 is 0.370 bits per heavy atom. The van der Waals surface area contributed by atoms with Gasteiger partial charge in [-0.1, -0.05) is 121 Å². The minimum Gasteiger partial charge on any atom is -0.261 e. The molecule has 0 bridgehead atoms. The highest BCUT2D eigenvalue weighted by molar-refractivity contribution is 6.12. The van der Waals surface area contributed by atoms with Crippen LogP contribution in [-0.4, -0.2) is 9.97 Å². The molecule has 46 heavy (non-hydrogen) atoms. The summed E-state index contributed by atoms with van der Waals surface area (Å²) >= 11 is 0. The molecule has 2 heteroatoms. The Hall–Kier alpha value is -5.86. The summed E-state index contributed by atoms with van der Waals surface area (Å²) < 4.78 is 0. The second kappa shape index (κ2) is 12.3. The molecule has 0 N–H and O–H groups in total. The molecule has 8 aromatic rings. The number of hydrogen-bond donors (Lipinski definition) is 0. The summed E-state index contributed by atoms with van der Waals surface area (Å²) in [4.78, 5) is 9.66. The fourth-order valence-corrected chi connectivity index (χ4v) is 6.84. The molecule has 0 aliphatic carbocycles. The molecule has 6 aromatic carbocycles. The van der Waals surface area contributed by atoms with Gasteiger partial charge in [-0.15, -0.1) is 0 Å². The number of fused-ring (bicyclic) bond motifs is 2. The first-order valence-electron chi connectivity index (χ1n) is 15.8. The van der Waals surface area contributed by atoms with Crippen molar-refractivity contribution in [3.63, 3.8) is 0 Å². The van der Waals surface area contributed by atoms with E-state index in [0.29, 0.717) is 12.8 Å². The molecule has 0 radical (unpaired) electrons. The Labute approximate surface area is 269 Å².